The summed E-state index contributed by atoms with van der Waals surface area (Å²) < 4.78 is 21.4. The van der Waals surface area contributed by atoms with Crippen molar-refractivity contribution >= 4 is 21.6 Å². The maximum Gasteiger partial charge on any atom is 0.338 e. The van der Waals surface area contributed by atoms with Gasteiger partial charge in [-0.15, -0.1) is 0 Å². The molecule has 0 aliphatic rings. The van der Waals surface area contributed by atoms with Gasteiger partial charge in [-0.3, -0.25) is 4.57 Å². The summed E-state index contributed by atoms with van der Waals surface area (Å²) in [4.78, 5) is 11.0. The average molecular weight is 267 g/mol. The highest BCUT2D eigenvalue weighted by Gasteiger charge is 2.35. The predicted octanol–water partition coefficient (Wildman–Crippen LogP) is 1.32. The molecule has 0 bridgehead atoms. The van der Waals surface area contributed by atoms with Gasteiger partial charge >= 0.3 is 7.60 Å². The van der Waals surface area contributed by atoms with Crippen LogP contribution in [-0.2, 0) is 18.4 Å². The van der Waals surface area contributed by atoms with Crippen LogP contribution in [0.5, 0.6) is 0 Å². The summed E-state index contributed by atoms with van der Waals surface area (Å²) in [6.45, 7) is 6.34. The largest absolute Gasteiger partial charge is 0.549 e. The molecule has 0 heterocycles. The number of aliphatic carboxylic acids is 1. The van der Waals surface area contributed by atoms with E-state index in [1.807, 2.05) is 0 Å². The van der Waals surface area contributed by atoms with Gasteiger partial charge in [0.1, 0.15) is 5.66 Å². The summed E-state index contributed by atoms with van der Waals surface area (Å²) in [5.74, 6) is -1.37. The molecule has 1 atom stereocenters. The number of rotatable bonds is 7. The maximum absolute atomic E-state index is 12.0. The van der Waals surface area contributed by atoms with Crippen LogP contribution in [0.25, 0.3) is 0 Å². The van der Waals surface area contributed by atoms with Gasteiger partial charge in [0.2, 0.25) is 0 Å². The zero-order chi connectivity index (χ0) is 13.0. The van der Waals surface area contributed by atoms with Crippen molar-refractivity contribution in [3.8, 4) is 0 Å². The van der Waals surface area contributed by atoms with Crippen molar-refractivity contribution in [1.82, 2.24) is 0 Å². The first-order valence-electron chi connectivity index (χ1n) is 5.08. The molecular weight excluding hydrogens is 247 g/mol. The lowest BCUT2D eigenvalue weighted by molar-refractivity contribution is -0.305. The molecule has 7 heteroatoms. The fourth-order valence-corrected chi connectivity index (χ4v) is 4.06. The quantitative estimate of drug-likeness (QED) is 0.513. The molecule has 1 unspecified atom stereocenters. The zero-order valence-corrected chi connectivity index (χ0v) is 12.4. The van der Waals surface area contributed by atoms with Gasteiger partial charge in [-0.05, 0) is 6.42 Å². The van der Waals surface area contributed by atoms with Crippen molar-refractivity contribution in [3.05, 3.63) is 0 Å². The van der Waals surface area contributed by atoms with Gasteiger partial charge in [0, 0.05) is 22.3 Å². The molecule has 16 heavy (non-hydrogen) atoms. The first kappa shape index (κ1) is 15.8. The van der Waals surface area contributed by atoms with Crippen molar-refractivity contribution in [3.63, 3.8) is 0 Å². The molecule has 0 fully saturated rings. The van der Waals surface area contributed by atoms with E-state index in [1.165, 1.54) is 14.2 Å². The van der Waals surface area contributed by atoms with Crippen LogP contribution in [0.15, 0.2) is 0 Å². The van der Waals surface area contributed by atoms with Gasteiger partial charge in [0.05, 0.1) is 5.97 Å². The normalized spacial score (nSPS) is 14.8. The lowest BCUT2D eigenvalue weighted by atomic mass is 10.3. The molecule has 0 aromatic heterocycles. The van der Waals surface area contributed by atoms with E-state index >= 15 is 0 Å². The van der Waals surface area contributed by atoms with Gasteiger partial charge in [-0.25, -0.2) is 0 Å². The van der Waals surface area contributed by atoms with E-state index in [9.17, 15) is 14.5 Å². The SMILES string of the molecule is COP(=O)(OC)C(CC[Si](C)(C)C)C(=O)[O-]. The second kappa shape index (κ2) is 5.96. The van der Waals surface area contributed by atoms with Crippen LogP contribution in [0.1, 0.15) is 6.42 Å². The molecule has 5 nitrogen and oxygen atoms in total. The number of carbonyl (C=O) groups excluding carboxylic acids is 1. The van der Waals surface area contributed by atoms with Crippen LogP contribution < -0.4 is 5.11 Å². The molecule has 0 aromatic rings. The topological polar surface area (TPSA) is 75.7 Å². The summed E-state index contributed by atoms with van der Waals surface area (Å²) in [5, 5.41) is 11.0. The Hall–Kier alpha value is -0.163. The summed E-state index contributed by atoms with van der Waals surface area (Å²) in [6.07, 6.45) is 0.275. The molecule has 0 aliphatic heterocycles. The van der Waals surface area contributed by atoms with Crippen molar-refractivity contribution < 1.29 is 23.5 Å². The summed E-state index contributed by atoms with van der Waals surface area (Å²) in [7, 11) is -2.59. The van der Waals surface area contributed by atoms with Crippen molar-refractivity contribution in [2.24, 2.45) is 0 Å². The Morgan fingerprint density at radius 1 is 1.31 bits per heavy atom. The fourth-order valence-electron chi connectivity index (χ4n) is 1.30. The third kappa shape index (κ3) is 4.78. The smallest absolute Gasteiger partial charge is 0.338 e. The van der Waals surface area contributed by atoms with E-state index in [0.29, 0.717) is 0 Å². The summed E-state index contributed by atoms with van der Waals surface area (Å²) in [5.41, 5.74) is -1.17. The first-order valence-corrected chi connectivity index (χ1v) is 10.4. The van der Waals surface area contributed by atoms with E-state index in [-0.39, 0.29) is 6.42 Å². The first-order chi connectivity index (χ1) is 7.16. The molecule has 0 N–H and O–H groups in total. The molecular formula is C9H20O5PSi-. The Morgan fingerprint density at radius 3 is 2.00 bits per heavy atom. The van der Waals surface area contributed by atoms with Gasteiger partial charge < -0.3 is 18.9 Å². The molecule has 0 saturated heterocycles. The van der Waals surface area contributed by atoms with E-state index in [2.05, 4.69) is 19.6 Å². The second-order valence-corrected chi connectivity index (χ2v) is 12.9. The maximum atomic E-state index is 12.0. The molecule has 0 aromatic carbocycles. The third-order valence-electron chi connectivity index (χ3n) is 2.33. The van der Waals surface area contributed by atoms with Crippen molar-refractivity contribution in [2.75, 3.05) is 14.2 Å². The van der Waals surface area contributed by atoms with Crippen LogP contribution in [-0.4, -0.2) is 33.9 Å². The fraction of sp³-hybridized carbons (Fsp3) is 0.889. The van der Waals surface area contributed by atoms with Crippen molar-refractivity contribution in [2.45, 2.75) is 37.8 Å². The van der Waals surface area contributed by atoms with E-state index < -0.39 is 27.3 Å². The van der Waals surface area contributed by atoms with E-state index in [0.717, 1.165) is 6.04 Å². The average Bonchev–Trinajstić information content (AvgIpc) is 2.15. The monoisotopic (exact) mass is 267 g/mol. The van der Waals surface area contributed by atoms with Gasteiger partial charge in [-0.1, -0.05) is 25.7 Å². The highest BCUT2D eigenvalue weighted by atomic mass is 31.2. The van der Waals surface area contributed by atoms with Crippen LogP contribution in [0.3, 0.4) is 0 Å². The highest BCUT2D eigenvalue weighted by molar-refractivity contribution is 7.55. The zero-order valence-electron chi connectivity index (χ0n) is 10.5. The second-order valence-electron chi connectivity index (χ2n) is 4.84. The Labute approximate surface area is 97.7 Å². The van der Waals surface area contributed by atoms with Crippen LogP contribution in [0.4, 0.5) is 0 Å². The lowest BCUT2D eigenvalue weighted by Crippen LogP contribution is -2.37. The van der Waals surface area contributed by atoms with Gasteiger partial charge in [0.25, 0.3) is 0 Å². The molecule has 0 radical (unpaired) electrons. The number of carboxylic acid groups (broad SMARTS) is 1. The Kier molecular flexibility index (Phi) is 5.90. The Bertz CT molecular complexity index is 278. The molecule has 0 rings (SSSR count). The predicted molar refractivity (Wildman–Crippen MR) is 63.2 cm³/mol. The standard InChI is InChI=1S/C9H21O5PSi/c1-13-15(12,14-2)8(9(10)11)6-7-16(3,4)5/h8H,6-7H2,1-5H3,(H,10,11)/p-1. The van der Waals surface area contributed by atoms with Crippen LogP contribution in [0, 0.1) is 0 Å². The number of hydrogen-bond acceptors (Lipinski definition) is 5. The number of hydrogen-bond donors (Lipinski definition) is 0. The Balaban J connectivity index is 4.76. The molecule has 0 saturated carbocycles. The summed E-state index contributed by atoms with van der Waals surface area (Å²) in [6, 6.07) is 0.738. The minimum absolute atomic E-state index is 0.275. The van der Waals surface area contributed by atoms with Gasteiger partial charge in [-0.2, -0.15) is 0 Å². The van der Waals surface area contributed by atoms with Crippen molar-refractivity contribution in [1.29, 1.82) is 0 Å². The molecule has 0 spiro atoms. The minimum atomic E-state index is -3.57. The lowest BCUT2D eigenvalue weighted by Gasteiger charge is -2.27. The van der Waals surface area contributed by atoms with Gasteiger partial charge in [0.15, 0.2) is 0 Å². The Morgan fingerprint density at radius 2 is 1.75 bits per heavy atom. The van der Waals surface area contributed by atoms with E-state index in [4.69, 9.17) is 9.05 Å². The van der Waals surface area contributed by atoms with Crippen LogP contribution in [0.2, 0.25) is 25.7 Å². The summed E-state index contributed by atoms with van der Waals surface area (Å²) >= 11 is 0. The van der Waals surface area contributed by atoms with E-state index in [1.54, 1.807) is 0 Å². The molecule has 96 valence electrons. The molecule has 0 aliphatic carbocycles. The number of carboxylic acids is 1. The van der Waals surface area contributed by atoms with Crippen LogP contribution >= 0.6 is 7.60 Å². The molecule has 0 amide bonds. The highest BCUT2D eigenvalue weighted by Crippen LogP contribution is 2.53. The number of carbonyl (C=O) groups is 1. The minimum Gasteiger partial charge on any atom is -0.549 e. The third-order valence-corrected chi connectivity index (χ3v) is 6.37.